The number of rotatable bonds is 7. The molecule has 2 aromatic heterocycles. The quantitative estimate of drug-likeness (QED) is 0.583. The van der Waals surface area contributed by atoms with E-state index in [1.807, 2.05) is 0 Å². The lowest BCUT2D eigenvalue weighted by Crippen LogP contribution is -2.24. The number of carbonyl (C=O) groups excluding carboxylic acids is 2. The van der Waals surface area contributed by atoms with Crippen molar-refractivity contribution in [3.05, 3.63) is 59.8 Å². The number of amides is 2. The number of benzene rings is 1. The van der Waals surface area contributed by atoms with E-state index in [0.717, 1.165) is 23.9 Å². The van der Waals surface area contributed by atoms with Crippen molar-refractivity contribution in [3.8, 4) is 0 Å². The summed E-state index contributed by atoms with van der Waals surface area (Å²) in [5, 5.41) is 13.4. The van der Waals surface area contributed by atoms with E-state index >= 15 is 0 Å². The molecule has 0 aliphatic carbocycles. The topological polar surface area (TPSA) is 102 Å². The predicted molar refractivity (Wildman–Crippen MR) is 96.6 cm³/mol. The van der Waals surface area contributed by atoms with Crippen molar-refractivity contribution in [1.29, 1.82) is 0 Å². The summed E-state index contributed by atoms with van der Waals surface area (Å²) in [7, 11) is 1.69. The van der Waals surface area contributed by atoms with Gasteiger partial charge in [-0.15, -0.1) is 10.2 Å². The molecule has 0 spiro atoms. The second-order valence-corrected chi connectivity index (χ2v) is 6.52. The third kappa shape index (κ3) is 4.74. The Morgan fingerprint density at radius 3 is 2.79 bits per heavy atom. The molecular weight excluding hydrogens is 392 g/mol. The van der Waals surface area contributed by atoms with Crippen molar-refractivity contribution in [2.24, 2.45) is 7.05 Å². The highest BCUT2D eigenvalue weighted by atomic mass is 32.2. The largest absolute Gasteiger partial charge is 0.459 e. The van der Waals surface area contributed by atoms with Crippen molar-refractivity contribution in [3.63, 3.8) is 0 Å². The zero-order chi connectivity index (χ0) is 20.1. The van der Waals surface area contributed by atoms with Gasteiger partial charge in [0.25, 0.3) is 5.91 Å². The second kappa shape index (κ2) is 8.65. The fourth-order valence-electron chi connectivity index (χ4n) is 2.19. The van der Waals surface area contributed by atoms with E-state index in [-0.39, 0.29) is 29.7 Å². The Kier molecular flexibility index (Phi) is 6.04. The fourth-order valence-corrected chi connectivity index (χ4v) is 2.92. The molecule has 0 fully saturated rings. The molecule has 0 unspecified atom stereocenters. The van der Waals surface area contributed by atoms with E-state index in [1.54, 1.807) is 17.7 Å². The maximum atomic E-state index is 13.6. The average molecular weight is 407 g/mol. The Hall–Kier alpha value is -3.21. The molecule has 0 radical (unpaired) electrons. The van der Waals surface area contributed by atoms with Crippen molar-refractivity contribution in [2.45, 2.75) is 11.7 Å². The fraction of sp³-hybridized carbons (Fsp3) is 0.176. The van der Waals surface area contributed by atoms with Crippen molar-refractivity contribution in [1.82, 2.24) is 20.1 Å². The van der Waals surface area contributed by atoms with Gasteiger partial charge in [0.2, 0.25) is 5.91 Å². The summed E-state index contributed by atoms with van der Waals surface area (Å²) in [6.45, 7) is 0.122. The van der Waals surface area contributed by atoms with Crippen molar-refractivity contribution < 1.29 is 22.8 Å². The third-order valence-electron chi connectivity index (χ3n) is 3.61. The minimum Gasteiger partial charge on any atom is -0.459 e. The van der Waals surface area contributed by atoms with Crippen LogP contribution in [0, 0.1) is 11.6 Å². The number of furan rings is 1. The Bertz CT molecular complexity index is 991. The molecule has 0 bridgehead atoms. The molecule has 0 atom stereocenters. The molecule has 2 heterocycles. The molecule has 11 heteroatoms. The van der Waals surface area contributed by atoms with Gasteiger partial charge < -0.3 is 19.6 Å². The lowest BCUT2D eigenvalue weighted by atomic mass is 10.3. The molecule has 0 aliphatic heterocycles. The highest BCUT2D eigenvalue weighted by molar-refractivity contribution is 7.99. The molecule has 146 valence electrons. The van der Waals surface area contributed by atoms with Gasteiger partial charge >= 0.3 is 0 Å². The highest BCUT2D eigenvalue weighted by Crippen LogP contribution is 2.18. The van der Waals surface area contributed by atoms with Crippen LogP contribution >= 0.6 is 11.8 Å². The number of hydrogen-bond donors (Lipinski definition) is 2. The number of thioether (sulfide) groups is 1. The summed E-state index contributed by atoms with van der Waals surface area (Å²) in [5.74, 6) is -1.84. The van der Waals surface area contributed by atoms with Gasteiger partial charge in [-0.25, -0.2) is 8.78 Å². The van der Waals surface area contributed by atoms with Gasteiger partial charge in [-0.1, -0.05) is 11.8 Å². The van der Waals surface area contributed by atoms with Gasteiger partial charge in [-0.3, -0.25) is 9.59 Å². The maximum absolute atomic E-state index is 13.6. The number of halogens is 2. The summed E-state index contributed by atoms with van der Waals surface area (Å²) in [6, 6.07) is 6.03. The molecular formula is C17H15F2N5O3S. The van der Waals surface area contributed by atoms with E-state index in [9.17, 15) is 18.4 Å². The van der Waals surface area contributed by atoms with Gasteiger partial charge in [0.15, 0.2) is 16.7 Å². The van der Waals surface area contributed by atoms with Crippen LogP contribution in [0.3, 0.4) is 0 Å². The molecule has 0 saturated heterocycles. The van der Waals surface area contributed by atoms with Gasteiger partial charge in [0.05, 0.1) is 24.2 Å². The van der Waals surface area contributed by atoms with Gasteiger partial charge in [-0.05, 0) is 24.3 Å². The number of nitrogens with one attached hydrogen (secondary N) is 2. The first kappa shape index (κ1) is 19.5. The normalized spacial score (nSPS) is 10.7. The third-order valence-corrected chi connectivity index (χ3v) is 4.63. The second-order valence-electron chi connectivity index (χ2n) is 5.58. The maximum Gasteiger partial charge on any atom is 0.287 e. The summed E-state index contributed by atoms with van der Waals surface area (Å²) >= 11 is 1.09. The van der Waals surface area contributed by atoms with E-state index in [1.165, 1.54) is 12.3 Å². The highest BCUT2D eigenvalue weighted by Gasteiger charge is 2.15. The predicted octanol–water partition coefficient (Wildman–Crippen LogP) is 2.35. The first-order chi connectivity index (χ1) is 13.4. The van der Waals surface area contributed by atoms with Crippen LogP contribution in [-0.4, -0.2) is 32.3 Å². The minimum atomic E-state index is -0.855. The first-order valence-corrected chi connectivity index (χ1v) is 9.00. The van der Waals surface area contributed by atoms with Crippen LogP contribution in [0.4, 0.5) is 14.5 Å². The van der Waals surface area contributed by atoms with Crippen LogP contribution in [0.5, 0.6) is 0 Å². The molecule has 8 nitrogen and oxygen atoms in total. The SMILES string of the molecule is Cn1c(CNC(=O)c2ccco2)nnc1SCC(=O)Nc1ccc(F)cc1F. The standard InChI is InChI=1S/C17H15F2N5O3S/c1-24-14(8-20-16(26)13-3-2-6-27-13)22-23-17(24)28-9-15(25)21-12-5-4-10(18)7-11(12)19/h2-7H,8-9H2,1H3,(H,20,26)(H,21,25). The Labute approximate surface area is 162 Å². The van der Waals surface area contributed by atoms with Crippen LogP contribution in [0.25, 0.3) is 0 Å². The molecule has 0 aliphatic rings. The first-order valence-electron chi connectivity index (χ1n) is 8.01. The zero-order valence-electron chi connectivity index (χ0n) is 14.6. The number of carbonyl (C=O) groups is 2. The Morgan fingerprint density at radius 1 is 1.25 bits per heavy atom. The summed E-state index contributed by atoms with van der Waals surface area (Å²) in [5.41, 5.74) is -0.105. The molecule has 0 saturated carbocycles. The molecule has 1 aromatic carbocycles. The Balaban J connectivity index is 1.52. The average Bonchev–Trinajstić information content (AvgIpc) is 3.31. The summed E-state index contributed by atoms with van der Waals surface area (Å²) in [6.07, 6.45) is 1.40. The Morgan fingerprint density at radius 2 is 2.07 bits per heavy atom. The minimum absolute atomic E-state index is 0.0540. The zero-order valence-corrected chi connectivity index (χ0v) is 15.4. The van der Waals surface area contributed by atoms with Crippen molar-refractivity contribution in [2.75, 3.05) is 11.1 Å². The van der Waals surface area contributed by atoms with E-state index in [0.29, 0.717) is 17.0 Å². The number of nitrogens with zero attached hydrogens (tertiary/aromatic N) is 3. The molecule has 28 heavy (non-hydrogen) atoms. The number of aromatic nitrogens is 3. The monoisotopic (exact) mass is 407 g/mol. The van der Waals surface area contributed by atoms with Gasteiger partial charge in [0.1, 0.15) is 11.6 Å². The molecule has 2 N–H and O–H groups in total. The van der Waals surface area contributed by atoms with E-state index < -0.39 is 17.5 Å². The lowest BCUT2D eigenvalue weighted by molar-refractivity contribution is -0.113. The van der Waals surface area contributed by atoms with Gasteiger partial charge in [0, 0.05) is 13.1 Å². The van der Waals surface area contributed by atoms with Gasteiger partial charge in [-0.2, -0.15) is 0 Å². The summed E-state index contributed by atoms with van der Waals surface area (Å²) < 4.78 is 33.1. The van der Waals surface area contributed by atoms with Crippen LogP contribution < -0.4 is 10.6 Å². The van der Waals surface area contributed by atoms with Crippen molar-refractivity contribution >= 4 is 29.3 Å². The molecule has 3 aromatic rings. The van der Waals surface area contributed by atoms with Crippen LogP contribution in [0.15, 0.2) is 46.2 Å². The van der Waals surface area contributed by atoms with Crippen LogP contribution in [0.1, 0.15) is 16.4 Å². The molecule has 2 amide bonds. The van der Waals surface area contributed by atoms with Crippen LogP contribution in [0.2, 0.25) is 0 Å². The summed E-state index contributed by atoms with van der Waals surface area (Å²) in [4.78, 5) is 23.8. The van der Waals surface area contributed by atoms with Crippen LogP contribution in [-0.2, 0) is 18.4 Å². The lowest BCUT2D eigenvalue weighted by Gasteiger charge is -2.07. The number of hydrogen-bond acceptors (Lipinski definition) is 6. The van der Waals surface area contributed by atoms with E-state index in [2.05, 4.69) is 20.8 Å². The smallest absolute Gasteiger partial charge is 0.287 e. The van der Waals surface area contributed by atoms with E-state index in [4.69, 9.17) is 4.42 Å². The molecule has 3 rings (SSSR count). The number of anilines is 1.